The first-order valence-electron chi connectivity index (χ1n) is 6.47. The highest BCUT2D eigenvalue weighted by Gasteiger charge is 2.22. The quantitative estimate of drug-likeness (QED) is 0.888. The van der Waals surface area contributed by atoms with E-state index in [0.717, 1.165) is 19.2 Å². The lowest BCUT2D eigenvalue weighted by atomic mass is 10.1. The normalized spacial score (nSPS) is 22.3. The summed E-state index contributed by atoms with van der Waals surface area (Å²) in [5.74, 6) is -1.52. The molecule has 1 aliphatic heterocycles. The number of halogens is 2. The van der Waals surface area contributed by atoms with Crippen molar-refractivity contribution in [2.45, 2.75) is 31.8 Å². The van der Waals surface area contributed by atoms with E-state index in [1.807, 2.05) is 6.92 Å². The van der Waals surface area contributed by atoms with E-state index in [4.69, 9.17) is 0 Å². The molecule has 0 radical (unpaired) electrons. The van der Waals surface area contributed by atoms with Gasteiger partial charge in [0.15, 0.2) is 11.6 Å². The third kappa shape index (κ3) is 2.87. The summed E-state index contributed by atoms with van der Waals surface area (Å²) in [4.78, 5) is 2.31. The highest BCUT2D eigenvalue weighted by atomic mass is 19.2. The second-order valence-corrected chi connectivity index (χ2v) is 5.05. The van der Waals surface area contributed by atoms with Crippen molar-refractivity contribution in [2.24, 2.45) is 0 Å². The monoisotopic (exact) mass is 254 g/mol. The molecule has 2 nitrogen and oxygen atoms in total. The predicted molar refractivity (Wildman–Crippen MR) is 68.4 cm³/mol. The van der Waals surface area contributed by atoms with Crippen molar-refractivity contribution in [3.63, 3.8) is 0 Å². The number of hydrogen-bond acceptors (Lipinski definition) is 2. The minimum absolute atomic E-state index is 0.172. The Labute approximate surface area is 107 Å². The SMILES string of the molecule is CC(NCC1CCCN1C)c1cccc(F)c1F. The molecular formula is C14H20F2N2. The van der Waals surface area contributed by atoms with Crippen LogP contribution >= 0.6 is 0 Å². The number of rotatable bonds is 4. The van der Waals surface area contributed by atoms with Gasteiger partial charge in [0.1, 0.15) is 0 Å². The van der Waals surface area contributed by atoms with Crippen molar-refractivity contribution >= 4 is 0 Å². The maximum atomic E-state index is 13.6. The standard InChI is InChI=1S/C14H20F2N2/c1-10(12-6-3-7-13(15)14(12)16)17-9-11-5-4-8-18(11)2/h3,6-7,10-11,17H,4-5,8-9H2,1-2H3. The van der Waals surface area contributed by atoms with Gasteiger partial charge in [-0.2, -0.15) is 0 Å². The van der Waals surface area contributed by atoms with Gasteiger partial charge in [-0.15, -0.1) is 0 Å². The summed E-state index contributed by atoms with van der Waals surface area (Å²) < 4.78 is 26.7. The fourth-order valence-electron chi connectivity index (χ4n) is 2.51. The van der Waals surface area contributed by atoms with Crippen LogP contribution in [-0.4, -0.2) is 31.1 Å². The van der Waals surface area contributed by atoms with E-state index in [-0.39, 0.29) is 6.04 Å². The highest BCUT2D eigenvalue weighted by molar-refractivity contribution is 5.22. The number of nitrogens with zero attached hydrogens (tertiary/aromatic N) is 1. The summed E-state index contributed by atoms with van der Waals surface area (Å²) in [7, 11) is 2.10. The zero-order valence-corrected chi connectivity index (χ0v) is 10.9. The lowest BCUT2D eigenvalue weighted by Gasteiger charge is -2.23. The van der Waals surface area contributed by atoms with Gasteiger partial charge >= 0.3 is 0 Å². The molecule has 0 spiro atoms. The summed E-state index contributed by atoms with van der Waals surface area (Å²) in [6.45, 7) is 3.80. The average Bonchev–Trinajstić information content (AvgIpc) is 2.75. The van der Waals surface area contributed by atoms with Gasteiger partial charge in [-0.25, -0.2) is 8.78 Å². The third-order valence-electron chi connectivity index (χ3n) is 3.78. The maximum Gasteiger partial charge on any atom is 0.163 e. The highest BCUT2D eigenvalue weighted by Crippen LogP contribution is 2.20. The Morgan fingerprint density at radius 2 is 2.22 bits per heavy atom. The Morgan fingerprint density at radius 3 is 2.89 bits per heavy atom. The molecule has 100 valence electrons. The molecule has 0 bridgehead atoms. The largest absolute Gasteiger partial charge is 0.309 e. The lowest BCUT2D eigenvalue weighted by molar-refractivity contribution is 0.292. The summed E-state index contributed by atoms with van der Waals surface area (Å²) in [5.41, 5.74) is 0.399. The molecule has 18 heavy (non-hydrogen) atoms. The first kappa shape index (κ1) is 13.4. The maximum absolute atomic E-state index is 13.6. The van der Waals surface area contributed by atoms with Gasteiger partial charge in [-0.1, -0.05) is 12.1 Å². The van der Waals surface area contributed by atoms with Crippen molar-refractivity contribution in [2.75, 3.05) is 20.1 Å². The second-order valence-electron chi connectivity index (χ2n) is 5.05. The van der Waals surface area contributed by atoms with E-state index in [9.17, 15) is 8.78 Å². The molecule has 1 aromatic carbocycles. The molecule has 1 saturated heterocycles. The van der Waals surface area contributed by atoms with Gasteiger partial charge in [-0.3, -0.25) is 0 Å². The fourth-order valence-corrected chi connectivity index (χ4v) is 2.51. The third-order valence-corrected chi connectivity index (χ3v) is 3.78. The van der Waals surface area contributed by atoms with Gasteiger partial charge in [0.2, 0.25) is 0 Å². The van der Waals surface area contributed by atoms with Crippen molar-refractivity contribution < 1.29 is 8.78 Å². The number of likely N-dealkylation sites (tertiary alicyclic amines) is 1. The van der Waals surface area contributed by atoms with Gasteiger partial charge in [0.05, 0.1) is 0 Å². The van der Waals surface area contributed by atoms with Crippen LogP contribution in [0.25, 0.3) is 0 Å². The zero-order chi connectivity index (χ0) is 13.1. The summed E-state index contributed by atoms with van der Waals surface area (Å²) in [5, 5.41) is 3.29. The van der Waals surface area contributed by atoms with Crippen LogP contribution in [0.1, 0.15) is 31.4 Å². The lowest BCUT2D eigenvalue weighted by Crippen LogP contribution is -2.36. The van der Waals surface area contributed by atoms with Crippen LogP contribution in [0.15, 0.2) is 18.2 Å². The average molecular weight is 254 g/mol. The molecule has 0 aliphatic carbocycles. The fraction of sp³-hybridized carbons (Fsp3) is 0.571. The number of likely N-dealkylation sites (N-methyl/N-ethyl adjacent to an activating group) is 1. The molecule has 1 aliphatic rings. The number of benzene rings is 1. The van der Waals surface area contributed by atoms with Gasteiger partial charge in [0.25, 0.3) is 0 Å². The Balaban J connectivity index is 1.95. The summed E-state index contributed by atoms with van der Waals surface area (Å²) >= 11 is 0. The Hall–Kier alpha value is -1.00. The van der Waals surface area contributed by atoms with Crippen molar-refractivity contribution in [1.82, 2.24) is 10.2 Å². The Kier molecular flexibility index (Phi) is 4.30. The predicted octanol–water partition coefficient (Wildman–Crippen LogP) is 2.71. The van der Waals surface area contributed by atoms with Crippen molar-refractivity contribution in [3.8, 4) is 0 Å². The van der Waals surface area contributed by atoms with Crippen LogP contribution in [-0.2, 0) is 0 Å². The first-order valence-corrected chi connectivity index (χ1v) is 6.47. The smallest absolute Gasteiger partial charge is 0.163 e. The van der Waals surface area contributed by atoms with E-state index in [0.29, 0.717) is 11.6 Å². The number of nitrogens with one attached hydrogen (secondary N) is 1. The molecule has 1 heterocycles. The van der Waals surface area contributed by atoms with Crippen LogP contribution in [0.4, 0.5) is 8.78 Å². The molecule has 0 saturated carbocycles. The van der Waals surface area contributed by atoms with Crippen LogP contribution < -0.4 is 5.32 Å². The Morgan fingerprint density at radius 1 is 1.44 bits per heavy atom. The van der Waals surface area contributed by atoms with E-state index < -0.39 is 11.6 Å². The molecule has 1 aromatic rings. The summed E-state index contributed by atoms with van der Waals surface area (Å²) in [6.07, 6.45) is 2.38. The Bertz CT molecular complexity index is 409. The van der Waals surface area contributed by atoms with Crippen LogP contribution in [0.5, 0.6) is 0 Å². The van der Waals surface area contributed by atoms with Gasteiger partial charge < -0.3 is 10.2 Å². The minimum Gasteiger partial charge on any atom is -0.309 e. The van der Waals surface area contributed by atoms with Crippen LogP contribution in [0, 0.1) is 11.6 Å². The molecule has 2 rings (SSSR count). The number of hydrogen-bond donors (Lipinski definition) is 1. The molecule has 2 atom stereocenters. The first-order chi connectivity index (χ1) is 8.59. The second kappa shape index (κ2) is 5.76. The zero-order valence-electron chi connectivity index (χ0n) is 10.9. The van der Waals surface area contributed by atoms with Crippen LogP contribution in [0.3, 0.4) is 0 Å². The van der Waals surface area contributed by atoms with E-state index >= 15 is 0 Å². The van der Waals surface area contributed by atoms with Gasteiger partial charge in [0, 0.05) is 24.2 Å². The minimum atomic E-state index is -0.779. The molecule has 0 amide bonds. The topological polar surface area (TPSA) is 15.3 Å². The van der Waals surface area contributed by atoms with Gasteiger partial charge in [-0.05, 0) is 39.4 Å². The van der Waals surface area contributed by atoms with Crippen molar-refractivity contribution in [3.05, 3.63) is 35.4 Å². The summed E-state index contributed by atoms with van der Waals surface area (Å²) in [6, 6.07) is 4.66. The molecule has 2 unspecified atom stereocenters. The molecule has 1 N–H and O–H groups in total. The molecule has 1 fully saturated rings. The molecular weight excluding hydrogens is 234 g/mol. The van der Waals surface area contributed by atoms with E-state index in [1.165, 1.54) is 12.8 Å². The molecule has 0 aromatic heterocycles. The van der Waals surface area contributed by atoms with E-state index in [1.54, 1.807) is 12.1 Å². The van der Waals surface area contributed by atoms with Crippen LogP contribution in [0.2, 0.25) is 0 Å². The molecule has 4 heteroatoms. The van der Waals surface area contributed by atoms with Crippen molar-refractivity contribution in [1.29, 1.82) is 0 Å². The van der Waals surface area contributed by atoms with E-state index in [2.05, 4.69) is 17.3 Å².